The summed E-state index contributed by atoms with van der Waals surface area (Å²) in [6.45, 7) is 5.36. The SMILES string of the molecule is Cc1cc(C)c2c(NC(=O)C(C)N(c3ccccc3)S(C)(=O)=O)nn(C)c2n1. The third kappa shape index (κ3) is 3.70. The van der Waals surface area contributed by atoms with Crippen molar-refractivity contribution in [3.05, 3.63) is 47.7 Å². The number of anilines is 2. The van der Waals surface area contributed by atoms with Gasteiger partial charge < -0.3 is 5.32 Å². The number of hydrogen-bond acceptors (Lipinski definition) is 5. The molecule has 2 heterocycles. The average molecular weight is 401 g/mol. The van der Waals surface area contributed by atoms with Gasteiger partial charge in [-0.1, -0.05) is 18.2 Å². The van der Waals surface area contributed by atoms with Crippen molar-refractivity contribution in [1.29, 1.82) is 0 Å². The van der Waals surface area contributed by atoms with Crippen molar-refractivity contribution in [3.8, 4) is 0 Å². The molecule has 1 unspecified atom stereocenters. The van der Waals surface area contributed by atoms with E-state index in [4.69, 9.17) is 0 Å². The van der Waals surface area contributed by atoms with E-state index in [0.717, 1.165) is 27.2 Å². The average Bonchev–Trinajstić information content (AvgIpc) is 2.90. The maximum Gasteiger partial charge on any atom is 0.249 e. The number of sulfonamides is 1. The zero-order chi connectivity index (χ0) is 20.6. The second-order valence-electron chi connectivity index (χ2n) is 6.81. The number of aryl methyl sites for hydroxylation is 3. The van der Waals surface area contributed by atoms with Crippen LogP contribution in [0.1, 0.15) is 18.2 Å². The number of para-hydroxylation sites is 1. The van der Waals surface area contributed by atoms with Crippen LogP contribution < -0.4 is 9.62 Å². The molecule has 0 saturated carbocycles. The van der Waals surface area contributed by atoms with E-state index in [1.54, 1.807) is 49.0 Å². The Balaban J connectivity index is 1.97. The number of amides is 1. The fourth-order valence-corrected chi connectivity index (χ4v) is 4.46. The third-order valence-corrected chi connectivity index (χ3v) is 5.70. The number of rotatable bonds is 5. The molecule has 0 aliphatic rings. The summed E-state index contributed by atoms with van der Waals surface area (Å²) in [5.41, 5.74) is 2.86. The number of aromatic nitrogens is 3. The molecule has 1 amide bonds. The first-order valence-corrected chi connectivity index (χ1v) is 10.6. The van der Waals surface area contributed by atoms with Crippen molar-refractivity contribution in [2.24, 2.45) is 7.05 Å². The minimum absolute atomic E-state index is 0.362. The van der Waals surface area contributed by atoms with Gasteiger partial charge in [0.2, 0.25) is 15.9 Å². The molecule has 28 heavy (non-hydrogen) atoms. The monoisotopic (exact) mass is 401 g/mol. The topological polar surface area (TPSA) is 97.2 Å². The second kappa shape index (κ2) is 7.23. The molecule has 3 rings (SSSR count). The first-order chi connectivity index (χ1) is 13.1. The van der Waals surface area contributed by atoms with Gasteiger partial charge in [0.05, 0.1) is 17.3 Å². The molecule has 0 radical (unpaired) electrons. The molecule has 1 aromatic carbocycles. The lowest BCUT2D eigenvalue weighted by atomic mass is 10.1. The van der Waals surface area contributed by atoms with Gasteiger partial charge >= 0.3 is 0 Å². The number of nitrogens with one attached hydrogen (secondary N) is 1. The molecule has 0 saturated heterocycles. The standard InChI is InChI=1S/C19H23N5O3S/c1-12-11-13(2)20-18-16(12)17(22-23(18)4)21-19(25)14(3)24(28(5,26)27)15-9-7-6-8-10-15/h6-11,14H,1-5H3,(H,21,22,25). The first kappa shape index (κ1) is 19.8. The number of nitrogens with zero attached hydrogens (tertiary/aromatic N) is 4. The Bertz CT molecular complexity index is 1140. The zero-order valence-electron chi connectivity index (χ0n) is 16.5. The molecular formula is C19H23N5O3S. The quantitative estimate of drug-likeness (QED) is 0.708. The van der Waals surface area contributed by atoms with E-state index in [1.807, 2.05) is 19.9 Å². The van der Waals surface area contributed by atoms with Crippen LogP contribution in [-0.2, 0) is 21.9 Å². The van der Waals surface area contributed by atoms with Crippen molar-refractivity contribution in [3.63, 3.8) is 0 Å². The number of carbonyl (C=O) groups is 1. The Morgan fingerprint density at radius 2 is 1.86 bits per heavy atom. The Labute approximate surface area is 164 Å². The van der Waals surface area contributed by atoms with Gasteiger partial charge in [0.1, 0.15) is 6.04 Å². The molecule has 0 fully saturated rings. The lowest BCUT2D eigenvalue weighted by Gasteiger charge is -2.28. The molecular weight excluding hydrogens is 378 g/mol. The largest absolute Gasteiger partial charge is 0.307 e. The third-order valence-electron chi connectivity index (χ3n) is 4.46. The summed E-state index contributed by atoms with van der Waals surface area (Å²) >= 11 is 0. The van der Waals surface area contributed by atoms with Gasteiger partial charge in [-0.3, -0.25) is 9.10 Å². The number of carbonyl (C=O) groups excluding carboxylic acids is 1. The maximum absolute atomic E-state index is 12.9. The van der Waals surface area contributed by atoms with Crippen LogP contribution in [0.25, 0.3) is 11.0 Å². The molecule has 1 atom stereocenters. The van der Waals surface area contributed by atoms with Crippen molar-refractivity contribution in [2.45, 2.75) is 26.8 Å². The highest BCUT2D eigenvalue weighted by Crippen LogP contribution is 2.26. The van der Waals surface area contributed by atoms with Gasteiger partial charge in [-0.25, -0.2) is 18.1 Å². The van der Waals surface area contributed by atoms with Crippen LogP contribution in [0.4, 0.5) is 11.5 Å². The smallest absolute Gasteiger partial charge is 0.249 e. The van der Waals surface area contributed by atoms with E-state index < -0.39 is 22.0 Å². The van der Waals surface area contributed by atoms with Gasteiger partial charge in [0.25, 0.3) is 0 Å². The van der Waals surface area contributed by atoms with E-state index in [9.17, 15) is 13.2 Å². The Hall–Kier alpha value is -2.94. The maximum atomic E-state index is 12.9. The van der Waals surface area contributed by atoms with Crippen molar-refractivity contribution < 1.29 is 13.2 Å². The number of benzene rings is 1. The van der Waals surface area contributed by atoms with Gasteiger partial charge in [0.15, 0.2) is 11.5 Å². The minimum atomic E-state index is -3.67. The molecule has 2 aromatic heterocycles. The van der Waals surface area contributed by atoms with Crippen molar-refractivity contribution in [1.82, 2.24) is 14.8 Å². The van der Waals surface area contributed by atoms with Crippen LogP contribution in [0.2, 0.25) is 0 Å². The summed E-state index contributed by atoms with van der Waals surface area (Å²) in [6, 6.07) is 9.48. The Morgan fingerprint density at radius 3 is 2.46 bits per heavy atom. The predicted octanol–water partition coefficient (Wildman–Crippen LogP) is 2.38. The molecule has 1 N–H and O–H groups in total. The lowest BCUT2D eigenvalue weighted by Crippen LogP contribution is -2.45. The Morgan fingerprint density at radius 1 is 1.21 bits per heavy atom. The molecule has 0 aliphatic carbocycles. The van der Waals surface area contributed by atoms with E-state index in [0.29, 0.717) is 17.2 Å². The highest BCUT2D eigenvalue weighted by molar-refractivity contribution is 7.92. The van der Waals surface area contributed by atoms with Crippen LogP contribution in [-0.4, -0.2) is 41.4 Å². The normalized spacial score (nSPS) is 12.8. The van der Waals surface area contributed by atoms with Crippen molar-refractivity contribution in [2.75, 3.05) is 15.9 Å². The van der Waals surface area contributed by atoms with E-state index in [2.05, 4.69) is 15.4 Å². The van der Waals surface area contributed by atoms with Crippen LogP contribution in [0.5, 0.6) is 0 Å². The number of fused-ring (bicyclic) bond motifs is 1. The summed E-state index contributed by atoms with van der Waals surface area (Å²) in [4.78, 5) is 17.4. The summed E-state index contributed by atoms with van der Waals surface area (Å²) in [6.07, 6.45) is 1.08. The second-order valence-corrected chi connectivity index (χ2v) is 8.67. The van der Waals surface area contributed by atoms with Crippen LogP contribution in [0, 0.1) is 13.8 Å². The molecule has 9 heteroatoms. The minimum Gasteiger partial charge on any atom is -0.307 e. The van der Waals surface area contributed by atoms with E-state index in [1.165, 1.54) is 0 Å². The zero-order valence-corrected chi connectivity index (χ0v) is 17.3. The van der Waals surface area contributed by atoms with Crippen LogP contribution in [0.15, 0.2) is 36.4 Å². The summed E-state index contributed by atoms with van der Waals surface area (Å²) in [7, 11) is -1.92. The van der Waals surface area contributed by atoms with Gasteiger partial charge in [-0.15, -0.1) is 0 Å². The summed E-state index contributed by atoms with van der Waals surface area (Å²) in [5.74, 6) is -0.116. The van der Waals surface area contributed by atoms with Crippen LogP contribution >= 0.6 is 0 Å². The predicted molar refractivity (Wildman–Crippen MR) is 110 cm³/mol. The molecule has 0 bridgehead atoms. The molecule has 3 aromatic rings. The summed E-state index contributed by atoms with van der Waals surface area (Å²) < 4.78 is 27.4. The van der Waals surface area contributed by atoms with E-state index >= 15 is 0 Å². The molecule has 148 valence electrons. The summed E-state index contributed by atoms with van der Waals surface area (Å²) in [5, 5.41) is 7.87. The van der Waals surface area contributed by atoms with Gasteiger partial charge in [-0.05, 0) is 44.5 Å². The lowest BCUT2D eigenvalue weighted by molar-refractivity contribution is -0.116. The molecule has 0 spiro atoms. The highest BCUT2D eigenvalue weighted by Gasteiger charge is 2.30. The van der Waals surface area contributed by atoms with Crippen LogP contribution in [0.3, 0.4) is 0 Å². The fraction of sp³-hybridized carbons (Fsp3) is 0.316. The fourth-order valence-electron chi connectivity index (χ4n) is 3.28. The Kier molecular flexibility index (Phi) is 5.12. The van der Waals surface area contributed by atoms with E-state index in [-0.39, 0.29) is 0 Å². The highest BCUT2D eigenvalue weighted by atomic mass is 32.2. The van der Waals surface area contributed by atoms with Crippen molar-refractivity contribution >= 4 is 38.5 Å². The number of hydrogen-bond donors (Lipinski definition) is 1. The molecule has 8 nitrogen and oxygen atoms in total. The van der Waals surface area contributed by atoms with Gasteiger partial charge in [0, 0.05) is 12.7 Å². The molecule has 0 aliphatic heterocycles. The first-order valence-electron chi connectivity index (χ1n) is 8.76. The number of pyridine rings is 1. The van der Waals surface area contributed by atoms with Gasteiger partial charge in [-0.2, -0.15) is 5.10 Å².